The summed E-state index contributed by atoms with van der Waals surface area (Å²) in [5.41, 5.74) is 4.44. The molecule has 0 bridgehead atoms. The fourth-order valence-corrected chi connectivity index (χ4v) is 4.35. The number of benzene rings is 1. The van der Waals surface area contributed by atoms with Crippen molar-refractivity contribution in [2.24, 2.45) is 5.92 Å². The van der Waals surface area contributed by atoms with Gasteiger partial charge in [-0.3, -0.25) is 14.8 Å². The van der Waals surface area contributed by atoms with Crippen LogP contribution in [-0.4, -0.2) is 15.9 Å². The maximum absolute atomic E-state index is 12.6. The maximum atomic E-state index is 12.6. The van der Waals surface area contributed by atoms with Crippen LogP contribution in [0.1, 0.15) is 34.1 Å². The molecule has 4 rings (SSSR count). The smallest absolute Gasteiger partial charge is 0.256 e. The molecule has 0 aliphatic heterocycles. The van der Waals surface area contributed by atoms with Gasteiger partial charge >= 0.3 is 0 Å². The van der Waals surface area contributed by atoms with Crippen LogP contribution in [0.5, 0.6) is 0 Å². The van der Waals surface area contributed by atoms with E-state index in [-0.39, 0.29) is 5.91 Å². The molecule has 0 radical (unpaired) electrons. The van der Waals surface area contributed by atoms with Crippen molar-refractivity contribution < 1.29 is 4.79 Å². The van der Waals surface area contributed by atoms with Gasteiger partial charge < -0.3 is 5.32 Å². The van der Waals surface area contributed by atoms with Crippen molar-refractivity contribution in [2.75, 3.05) is 5.32 Å². The van der Waals surface area contributed by atoms with E-state index in [0.29, 0.717) is 0 Å². The van der Waals surface area contributed by atoms with Gasteiger partial charge in [0.25, 0.3) is 5.91 Å². The lowest BCUT2D eigenvalue weighted by Crippen LogP contribution is -2.16. The van der Waals surface area contributed by atoms with E-state index in [1.165, 1.54) is 10.4 Å². The first-order valence-electron chi connectivity index (χ1n) is 7.82. The minimum atomic E-state index is -0.0275. The van der Waals surface area contributed by atoms with Crippen molar-refractivity contribution in [2.45, 2.75) is 26.2 Å². The quantitative estimate of drug-likeness (QED) is 0.773. The number of thiophene rings is 1. The summed E-state index contributed by atoms with van der Waals surface area (Å²) < 4.78 is 0. The summed E-state index contributed by atoms with van der Waals surface area (Å²) in [6, 6.07) is 5.61. The third-order valence-corrected chi connectivity index (χ3v) is 5.42. The van der Waals surface area contributed by atoms with Crippen LogP contribution in [-0.2, 0) is 12.8 Å². The first-order valence-corrected chi connectivity index (χ1v) is 8.70. The summed E-state index contributed by atoms with van der Waals surface area (Å²) in [5.74, 6) is 0.691. The lowest BCUT2D eigenvalue weighted by atomic mass is 9.88. The lowest BCUT2D eigenvalue weighted by molar-refractivity contribution is 0.102. The van der Waals surface area contributed by atoms with Crippen molar-refractivity contribution in [3.8, 4) is 0 Å². The predicted molar refractivity (Wildman–Crippen MR) is 93.0 cm³/mol. The third-order valence-electron chi connectivity index (χ3n) is 4.37. The highest BCUT2D eigenvalue weighted by Crippen LogP contribution is 2.33. The molecule has 1 aromatic carbocycles. The fourth-order valence-electron chi connectivity index (χ4n) is 3.11. The summed E-state index contributed by atoms with van der Waals surface area (Å²) >= 11 is 1.71. The van der Waals surface area contributed by atoms with Gasteiger partial charge in [-0.1, -0.05) is 6.92 Å². The lowest BCUT2D eigenvalue weighted by Gasteiger charge is -2.18. The molecule has 116 valence electrons. The van der Waals surface area contributed by atoms with Crippen LogP contribution in [0.4, 0.5) is 5.69 Å². The standard InChI is InChI=1S/C18H17N3OS/c1-11-2-4-13-14(10-23-17(13)8-11)18(22)21-12-3-5-15-16(9-12)20-7-6-19-15/h3,5-7,9-11H,2,4,8H2,1H3,(H,21,22). The molecule has 0 fully saturated rings. The second-order valence-electron chi connectivity index (χ2n) is 6.11. The van der Waals surface area contributed by atoms with Gasteiger partial charge in [-0.25, -0.2) is 0 Å². The summed E-state index contributed by atoms with van der Waals surface area (Å²) in [7, 11) is 0. The van der Waals surface area contributed by atoms with Crippen LogP contribution < -0.4 is 5.32 Å². The maximum Gasteiger partial charge on any atom is 0.256 e. The van der Waals surface area contributed by atoms with Crippen LogP contribution >= 0.6 is 11.3 Å². The number of hydrogen-bond acceptors (Lipinski definition) is 4. The molecule has 2 aromatic heterocycles. The average molecular weight is 323 g/mol. The number of nitrogens with zero attached hydrogens (tertiary/aromatic N) is 2. The van der Waals surface area contributed by atoms with E-state index >= 15 is 0 Å². The summed E-state index contributed by atoms with van der Waals surface area (Å²) in [5, 5.41) is 5.00. The molecule has 1 unspecified atom stereocenters. The second-order valence-corrected chi connectivity index (χ2v) is 7.08. The highest BCUT2D eigenvalue weighted by Gasteiger charge is 2.23. The highest BCUT2D eigenvalue weighted by atomic mass is 32.1. The average Bonchev–Trinajstić information content (AvgIpc) is 2.97. The van der Waals surface area contributed by atoms with Gasteiger partial charge in [0, 0.05) is 28.3 Å². The summed E-state index contributed by atoms with van der Waals surface area (Å²) in [4.78, 5) is 22.5. The Balaban J connectivity index is 1.60. The number of hydrogen-bond donors (Lipinski definition) is 1. The second kappa shape index (κ2) is 5.74. The molecule has 1 atom stereocenters. The molecule has 23 heavy (non-hydrogen) atoms. The van der Waals surface area contributed by atoms with E-state index in [4.69, 9.17) is 0 Å². The summed E-state index contributed by atoms with van der Waals surface area (Å²) in [6.07, 6.45) is 6.59. The van der Waals surface area contributed by atoms with Gasteiger partial charge in [-0.05, 0) is 48.9 Å². The van der Waals surface area contributed by atoms with Gasteiger partial charge in [0.05, 0.1) is 16.6 Å². The largest absolute Gasteiger partial charge is 0.322 e. The van der Waals surface area contributed by atoms with Crippen LogP contribution in [0.2, 0.25) is 0 Å². The van der Waals surface area contributed by atoms with Crippen molar-refractivity contribution in [1.29, 1.82) is 0 Å². The Bertz CT molecular complexity index is 887. The molecule has 2 heterocycles. The number of aromatic nitrogens is 2. The molecule has 1 aliphatic carbocycles. The first kappa shape index (κ1) is 14.3. The third kappa shape index (κ3) is 2.72. The first-order chi connectivity index (χ1) is 11.2. The van der Waals surface area contributed by atoms with Crippen LogP contribution in [0.25, 0.3) is 11.0 Å². The van der Waals surface area contributed by atoms with Crippen molar-refractivity contribution in [3.63, 3.8) is 0 Å². The van der Waals surface area contributed by atoms with Gasteiger partial charge in [0.2, 0.25) is 0 Å². The molecular formula is C18H17N3OS. The molecule has 0 saturated carbocycles. The van der Waals surface area contributed by atoms with E-state index in [9.17, 15) is 4.79 Å². The minimum absolute atomic E-state index is 0.0275. The van der Waals surface area contributed by atoms with E-state index in [1.807, 2.05) is 23.6 Å². The van der Waals surface area contributed by atoms with Crippen molar-refractivity contribution >= 4 is 34.0 Å². The van der Waals surface area contributed by atoms with Gasteiger partial charge in [0.1, 0.15) is 0 Å². The van der Waals surface area contributed by atoms with Gasteiger partial charge in [-0.15, -0.1) is 11.3 Å². The molecule has 4 nitrogen and oxygen atoms in total. The molecule has 3 aromatic rings. The van der Waals surface area contributed by atoms with Crippen molar-refractivity contribution in [3.05, 3.63) is 52.0 Å². The number of rotatable bonds is 2. The SMILES string of the molecule is CC1CCc2c(C(=O)Nc3ccc4nccnc4c3)csc2C1. The highest BCUT2D eigenvalue weighted by molar-refractivity contribution is 7.10. The Kier molecular flexibility index (Phi) is 3.58. The zero-order valence-electron chi connectivity index (χ0n) is 12.9. The van der Waals surface area contributed by atoms with Gasteiger partial charge in [-0.2, -0.15) is 0 Å². The number of carbonyl (C=O) groups is 1. The molecule has 5 heteroatoms. The van der Waals surface area contributed by atoms with Crippen molar-refractivity contribution in [1.82, 2.24) is 9.97 Å². The van der Waals surface area contributed by atoms with Crippen LogP contribution in [0, 0.1) is 5.92 Å². The van der Waals surface area contributed by atoms with E-state index < -0.39 is 0 Å². The topological polar surface area (TPSA) is 54.9 Å². The zero-order valence-corrected chi connectivity index (χ0v) is 13.7. The van der Waals surface area contributed by atoms with Crippen LogP contribution in [0.15, 0.2) is 36.0 Å². The Hall–Kier alpha value is -2.27. The number of nitrogens with one attached hydrogen (secondary N) is 1. The van der Waals surface area contributed by atoms with E-state index in [2.05, 4.69) is 22.2 Å². The number of carbonyl (C=O) groups excluding carboxylic acids is 1. The molecule has 1 N–H and O–H groups in total. The minimum Gasteiger partial charge on any atom is -0.322 e. The van der Waals surface area contributed by atoms with Crippen LogP contribution in [0.3, 0.4) is 0 Å². The Labute approximate surface area is 138 Å². The molecule has 1 aliphatic rings. The number of fused-ring (bicyclic) bond motifs is 2. The molecule has 0 saturated heterocycles. The Morgan fingerprint density at radius 2 is 2.09 bits per heavy atom. The predicted octanol–water partition coefficient (Wildman–Crippen LogP) is 4.07. The summed E-state index contributed by atoms with van der Waals surface area (Å²) in [6.45, 7) is 2.28. The molecule has 0 spiro atoms. The molecule has 1 amide bonds. The van der Waals surface area contributed by atoms with Gasteiger partial charge in [0.15, 0.2) is 0 Å². The Morgan fingerprint density at radius 3 is 2.96 bits per heavy atom. The normalized spacial score (nSPS) is 17.0. The fraction of sp³-hybridized carbons (Fsp3) is 0.278. The van der Waals surface area contributed by atoms with E-state index in [0.717, 1.165) is 47.5 Å². The van der Waals surface area contributed by atoms with E-state index in [1.54, 1.807) is 23.7 Å². The monoisotopic (exact) mass is 323 g/mol. The zero-order chi connectivity index (χ0) is 15.8. The number of anilines is 1. The number of amides is 1. The molecular weight excluding hydrogens is 306 g/mol. The Morgan fingerprint density at radius 1 is 1.26 bits per heavy atom.